The molecule has 5 nitrogen and oxygen atoms in total. The number of aliphatic hydroxyl groups is 2. The lowest BCUT2D eigenvalue weighted by molar-refractivity contribution is 0.105. The fourth-order valence-electron chi connectivity index (χ4n) is 1.51. The Morgan fingerprint density at radius 2 is 2.29 bits per heavy atom. The zero-order valence-electron chi connectivity index (χ0n) is 9.30. The molecule has 0 aliphatic carbocycles. The second-order valence-corrected chi connectivity index (χ2v) is 3.76. The summed E-state index contributed by atoms with van der Waals surface area (Å²) in [6.07, 6.45) is 2.64. The molecule has 2 rings (SSSR count). The number of H-pyrrole nitrogens is 1. The average Bonchev–Trinajstić information content (AvgIpc) is 2.90. The minimum absolute atomic E-state index is 0.243. The van der Waals surface area contributed by atoms with Gasteiger partial charge < -0.3 is 20.5 Å². The van der Waals surface area contributed by atoms with E-state index in [9.17, 15) is 5.11 Å². The molecule has 0 bridgehead atoms. The van der Waals surface area contributed by atoms with E-state index in [0.717, 1.165) is 16.9 Å². The number of imidazole rings is 1. The lowest BCUT2D eigenvalue weighted by atomic mass is 10.1. The molecule has 1 aromatic carbocycles. The highest BCUT2D eigenvalue weighted by molar-refractivity contribution is 5.64. The number of aromatic nitrogens is 2. The highest BCUT2D eigenvalue weighted by Crippen LogP contribution is 2.19. The first-order valence-corrected chi connectivity index (χ1v) is 5.41. The first kappa shape index (κ1) is 11.6. The van der Waals surface area contributed by atoms with Crippen molar-refractivity contribution in [3.63, 3.8) is 0 Å². The van der Waals surface area contributed by atoms with Crippen molar-refractivity contribution in [1.29, 1.82) is 0 Å². The van der Waals surface area contributed by atoms with Crippen molar-refractivity contribution in [3.05, 3.63) is 36.8 Å². The first-order valence-electron chi connectivity index (χ1n) is 5.41. The Hall–Kier alpha value is -1.85. The molecule has 0 saturated heterocycles. The van der Waals surface area contributed by atoms with Crippen molar-refractivity contribution in [2.24, 2.45) is 0 Å². The molecule has 5 heteroatoms. The van der Waals surface area contributed by atoms with Crippen LogP contribution in [-0.4, -0.2) is 39.4 Å². The molecule has 0 spiro atoms. The number of anilines is 1. The van der Waals surface area contributed by atoms with E-state index >= 15 is 0 Å². The lowest BCUT2D eigenvalue weighted by Crippen LogP contribution is -2.22. The van der Waals surface area contributed by atoms with Gasteiger partial charge in [-0.2, -0.15) is 0 Å². The van der Waals surface area contributed by atoms with Gasteiger partial charge in [0.1, 0.15) is 0 Å². The third kappa shape index (κ3) is 3.05. The maximum absolute atomic E-state index is 9.24. The first-order chi connectivity index (χ1) is 8.29. The summed E-state index contributed by atoms with van der Waals surface area (Å²) in [5, 5.41) is 21.0. The topological polar surface area (TPSA) is 81.2 Å². The standard InChI is InChI=1S/C12H15N3O2/c16-7-11(17)5-14-10-3-1-2-9(4-10)12-6-13-8-15-12/h1-4,6,8,11,14,16-17H,5,7H2,(H,13,15). The van der Waals surface area contributed by atoms with Crippen molar-refractivity contribution >= 4 is 5.69 Å². The summed E-state index contributed by atoms with van der Waals surface area (Å²) in [6, 6.07) is 7.76. The third-order valence-corrected chi connectivity index (χ3v) is 2.42. The average molecular weight is 233 g/mol. The number of hydrogen-bond acceptors (Lipinski definition) is 4. The van der Waals surface area contributed by atoms with E-state index in [0.29, 0.717) is 6.54 Å². The van der Waals surface area contributed by atoms with Gasteiger partial charge in [0.2, 0.25) is 0 Å². The van der Waals surface area contributed by atoms with Gasteiger partial charge in [0, 0.05) is 17.8 Å². The van der Waals surface area contributed by atoms with Crippen molar-refractivity contribution in [3.8, 4) is 11.3 Å². The maximum Gasteiger partial charge on any atom is 0.0942 e. The van der Waals surface area contributed by atoms with Gasteiger partial charge >= 0.3 is 0 Å². The van der Waals surface area contributed by atoms with Gasteiger partial charge in [-0.05, 0) is 12.1 Å². The van der Waals surface area contributed by atoms with Crippen LogP contribution < -0.4 is 5.32 Å². The predicted octanol–water partition coefficient (Wildman–Crippen LogP) is 0.842. The van der Waals surface area contributed by atoms with E-state index in [1.807, 2.05) is 24.3 Å². The Kier molecular flexibility index (Phi) is 3.74. The largest absolute Gasteiger partial charge is 0.394 e. The van der Waals surface area contributed by atoms with Crippen molar-refractivity contribution in [1.82, 2.24) is 9.97 Å². The molecular weight excluding hydrogens is 218 g/mol. The second kappa shape index (κ2) is 5.47. The van der Waals surface area contributed by atoms with Crippen LogP contribution in [0.3, 0.4) is 0 Å². The quantitative estimate of drug-likeness (QED) is 0.617. The van der Waals surface area contributed by atoms with Gasteiger partial charge in [-0.25, -0.2) is 4.98 Å². The molecule has 4 N–H and O–H groups in total. The Bertz CT molecular complexity index is 457. The van der Waals surface area contributed by atoms with E-state index < -0.39 is 6.10 Å². The third-order valence-electron chi connectivity index (χ3n) is 2.42. The summed E-state index contributed by atoms with van der Waals surface area (Å²) < 4.78 is 0. The van der Waals surface area contributed by atoms with E-state index in [1.54, 1.807) is 12.5 Å². The summed E-state index contributed by atoms with van der Waals surface area (Å²) in [5.74, 6) is 0. The van der Waals surface area contributed by atoms with Crippen LogP contribution >= 0.6 is 0 Å². The molecule has 90 valence electrons. The zero-order valence-corrected chi connectivity index (χ0v) is 9.30. The molecule has 0 saturated carbocycles. The minimum atomic E-state index is -0.745. The maximum atomic E-state index is 9.24. The molecule has 1 aromatic heterocycles. The Morgan fingerprint density at radius 1 is 1.41 bits per heavy atom. The summed E-state index contributed by atoms with van der Waals surface area (Å²) >= 11 is 0. The second-order valence-electron chi connectivity index (χ2n) is 3.76. The molecule has 1 atom stereocenters. The lowest BCUT2D eigenvalue weighted by Gasteiger charge is -2.10. The van der Waals surface area contributed by atoms with Crippen molar-refractivity contribution in [2.45, 2.75) is 6.10 Å². The van der Waals surface area contributed by atoms with Crippen LogP contribution in [0, 0.1) is 0 Å². The van der Waals surface area contributed by atoms with E-state index in [4.69, 9.17) is 5.11 Å². The molecule has 1 unspecified atom stereocenters. The van der Waals surface area contributed by atoms with Gasteiger partial charge in [-0.15, -0.1) is 0 Å². The molecule has 1 heterocycles. The minimum Gasteiger partial charge on any atom is -0.394 e. The summed E-state index contributed by atoms with van der Waals surface area (Å²) in [5.41, 5.74) is 2.85. The molecule has 0 amide bonds. The van der Waals surface area contributed by atoms with Gasteiger partial charge in [-0.1, -0.05) is 12.1 Å². The Labute approximate surface area is 99.2 Å². The van der Waals surface area contributed by atoms with Gasteiger partial charge in [0.25, 0.3) is 0 Å². The van der Waals surface area contributed by atoms with Crippen LogP contribution in [0.1, 0.15) is 0 Å². The monoisotopic (exact) mass is 233 g/mol. The normalized spacial score (nSPS) is 12.4. The smallest absolute Gasteiger partial charge is 0.0942 e. The van der Waals surface area contributed by atoms with Gasteiger partial charge in [-0.3, -0.25) is 0 Å². The van der Waals surface area contributed by atoms with Gasteiger partial charge in [0.15, 0.2) is 0 Å². The highest BCUT2D eigenvalue weighted by Gasteiger charge is 2.03. The number of nitrogens with zero attached hydrogens (tertiary/aromatic N) is 1. The fourth-order valence-corrected chi connectivity index (χ4v) is 1.51. The number of aromatic amines is 1. The van der Waals surface area contributed by atoms with Crippen LogP contribution in [0.15, 0.2) is 36.8 Å². The molecule has 0 aliphatic rings. The van der Waals surface area contributed by atoms with Crippen LogP contribution in [-0.2, 0) is 0 Å². The van der Waals surface area contributed by atoms with Crippen LogP contribution in [0.2, 0.25) is 0 Å². The molecule has 0 radical (unpaired) electrons. The SMILES string of the molecule is OCC(O)CNc1cccc(-c2cnc[nH]2)c1. The van der Waals surface area contributed by atoms with Gasteiger partial charge in [0.05, 0.1) is 30.9 Å². The summed E-state index contributed by atoms with van der Waals surface area (Å²) in [6.45, 7) is 0.0795. The number of benzene rings is 1. The van der Waals surface area contributed by atoms with Crippen LogP contribution in [0.4, 0.5) is 5.69 Å². The van der Waals surface area contributed by atoms with E-state index in [1.165, 1.54) is 0 Å². The summed E-state index contributed by atoms with van der Waals surface area (Å²) in [4.78, 5) is 7.00. The number of nitrogens with one attached hydrogen (secondary N) is 2. The predicted molar refractivity (Wildman–Crippen MR) is 65.6 cm³/mol. The number of aliphatic hydroxyl groups excluding tert-OH is 2. The Balaban J connectivity index is 2.07. The van der Waals surface area contributed by atoms with Crippen molar-refractivity contribution < 1.29 is 10.2 Å². The van der Waals surface area contributed by atoms with E-state index in [2.05, 4.69) is 15.3 Å². The van der Waals surface area contributed by atoms with Crippen molar-refractivity contribution in [2.75, 3.05) is 18.5 Å². The van der Waals surface area contributed by atoms with Crippen LogP contribution in [0.5, 0.6) is 0 Å². The van der Waals surface area contributed by atoms with Crippen LogP contribution in [0.25, 0.3) is 11.3 Å². The number of hydrogen-bond donors (Lipinski definition) is 4. The molecular formula is C12H15N3O2. The molecule has 0 aliphatic heterocycles. The molecule has 17 heavy (non-hydrogen) atoms. The summed E-state index contributed by atoms with van der Waals surface area (Å²) in [7, 11) is 0. The molecule has 0 fully saturated rings. The fraction of sp³-hybridized carbons (Fsp3) is 0.250. The van der Waals surface area contributed by atoms with E-state index in [-0.39, 0.29) is 6.61 Å². The highest BCUT2D eigenvalue weighted by atomic mass is 16.3. The number of rotatable bonds is 5. The molecule has 2 aromatic rings. The zero-order chi connectivity index (χ0) is 12.1. The Morgan fingerprint density at radius 3 is 3.00 bits per heavy atom.